The fourth-order valence-corrected chi connectivity index (χ4v) is 6.49. The molecule has 0 radical (unpaired) electrons. The molecule has 1 amide bonds. The number of hydrogen-bond donors (Lipinski definition) is 1. The van der Waals surface area contributed by atoms with Crippen LogP contribution in [0, 0.1) is 18.7 Å². The number of anilines is 1. The maximum absolute atomic E-state index is 14.5. The molecule has 1 aromatic carbocycles. The Kier molecular flexibility index (Phi) is 8.76. The highest BCUT2D eigenvalue weighted by atomic mass is 19.1. The van der Waals surface area contributed by atoms with Gasteiger partial charge in [0.1, 0.15) is 11.6 Å². The van der Waals surface area contributed by atoms with E-state index in [1.165, 1.54) is 44.2 Å². The number of piperazine rings is 1. The summed E-state index contributed by atoms with van der Waals surface area (Å²) in [7, 11) is 0. The van der Waals surface area contributed by atoms with E-state index in [0.717, 1.165) is 66.8 Å². The van der Waals surface area contributed by atoms with E-state index in [9.17, 15) is 9.18 Å². The van der Waals surface area contributed by atoms with E-state index in [1.54, 1.807) is 11.0 Å². The maximum Gasteiger partial charge on any atom is 0.254 e. The van der Waals surface area contributed by atoms with E-state index >= 15 is 0 Å². The quantitative estimate of drug-likeness (QED) is 0.411. The summed E-state index contributed by atoms with van der Waals surface area (Å²) in [5, 5.41) is 0. The van der Waals surface area contributed by atoms with Crippen LogP contribution in [0.4, 0.5) is 10.1 Å². The van der Waals surface area contributed by atoms with Gasteiger partial charge in [-0.05, 0) is 96.0 Å². The molecule has 8 heteroatoms. The number of benzene rings is 1. The van der Waals surface area contributed by atoms with Crippen molar-refractivity contribution in [1.29, 1.82) is 0 Å². The third-order valence-corrected chi connectivity index (χ3v) is 9.02. The number of nitrogens with zero attached hydrogens (tertiary/aromatic N) is 5. The number of pyridine rings is 1. The molecule has 216 valence electrons. The Morgan fingerprint density at radius 3 is 2.50 bits per heavy atom. The lowest BCUT2D eigenvalue weighted by Crippen LogP contribution is -2.47. The van der Waals surface area contributed by atoms with Crippen LogP contribution in [0.3, 0.4) is 0 Å². The molecule has 2 N–H and O–H groups in total. The molecule has 1 saturated carbocycles. The zero-order valence-electron chi connectivity index (χ0n) is 24.6. The number of hydrogen-bond acceptors (Lipinski definition) is 5. The standard InChI is InChI=1S/C32H45FN6O/c1-5-38(22(2)3)32(40)30-18-25(33)8-11-28(30)29-19-27(21-39-23(4)35-20-31(29)39)37-16-14-36(15-17-37)13-12-24-6-9-26(34)10-7-24/h8,11,18-22,24,26H,5-7,9-10,12-17,34H2,1-4H3. The SMILES string of the molecule is CCN(C(=O)c1cc(F)ccc1-c1cc(N2CCN(CCC3CCC(N)CC3)CC2)cn2c(C)ncc12)C(C)C. The summed E-state index contributed by atoms with van der Waals surface area (Å²) in [6, 6.07) is 7.16. The van der Waals surface area contributed by atoms with Crippen molar-refractivity contribution in [1.82, 2.24) is 19.2 Å². The Hall–Kier alpha value is -2.97. The monoisotopic (exact) mass is 548 g/mol. The molecule has 2 aliphatic rings. The van der Waals surface area contributed by atoms with Crippen LogP contribution >= 0.6 is 0 Å². The second-order valence-corrected chi connectivity index (χ2v) is 11.9. The third kappa shape index (κ3) is 6.03. The number of fused-ring (bicyclic) bond motifs is 1. The molecule has 0 bridgehead atoms. The Morgan fingerprint density at radius 1 is 1.10 bits per heavy atom. The minimum Gasteiger partial charge on any atom is -0.368 e. The van der Waals surface area contributed by atoms with E-state index in [2.05, 4.69) is 31.4 Å². The van der Waals surface area contributed by atoms with Crippen molar-refractivity contribution >= 4 is 17.1 Å². The van der Waals surface area contributed by atoms with Crippen molar-refractivity contribution in [2.45, 2.75) is 71.9 Å². The van der Waals surface area contributed by atoms with Crippen LogP contribution in [0.25, 0.3) is 16.6 Å². The molecule has 2 fully saturated rings. The van der Waals surface area contributed by atoms with Crippen molar-refractivity contribution in [2.24, 2.45) is 11.7 Å². The van der Waals surface area contributed by atoms with Gasteiger partial charge in [-0.25, -0.2) is 9.37 Å². The molecule has 0 spiro atoms. The molecule has 0 unspecified atom stereocenters. The molecule has 3 aromatic rings. The van der Waals surface area contributed by atoms with Gasteiger partial charge in [0.15, 0.2) is 0 Å². The van der Waals surface area contributed by atoms with E-state index in [1.807, 2.05) is 33.9 Å². The van der Waals surface area contributed by atoms with Crippen molar-refractivity contribution in [2.75, 3.05) is 44.2 Å². The lowest BCUT2D eigenvalue weighted by atomic mass is 9.84. The van der Waals surface area contributed by atoms with Crippen molar-refractivity contribution < 1.29 is 9.18 Å². The Labute approximate surface area is 238 Å². The molecular formula is C32H45FN6O. The summed E-state index contributed by atoms with van der Waals surface area (Å²) in [5.74, 6) is 1.14. The highest BCUT2D eigenvalue weighted by Gasteiger charge is 2.25. The molecule has 2 aromatic heterocycles. The third-order valence-electron chi connectivity index (χ3n) is 9.02. The zero-order chi connectivity index (χ0) is 28.4. The van der Waals surface area contributed by atoms with Gasteiger partial charge < -0.3 is 19.9 Å². The molecule has 5 rings (SSSR count). The summed E-state index contributed by atoms with van der Waals surface area (Å²) >= 11 is 0. The number of halogens is 1. The van der Waals surface area contributed by atoms with E-state index < -0.39 is 5.82 Å². The zero-order valence-corrected chi connectivity index (χ0v) is 24.6. The molecule has 7 nitrogen and oxygen atoms in total. The molecule has 0 atom stereocenters. The number of carbonyl (C=O) groups is 1. The van der Waals surface area contributed by atoms with Crippen LogP contribution < -0.4 is 10.6 Å². The average molecular weight is 549 g/mol. The predicted octanol–water partition coefficient (Wildman–Crippen LogP) is 5.35. The van der Waals surface area contributed by atoms with Crippen LogP contribution in [0.5, 0.6) is 0 Å². The summed E-state index contributed by atoms with van der Waals surface area (Å²) in [6.07, 6.45) is 10.2. The fraction of sp³-hybridized carbons (Fsp3) is 0.562. The summed E-state index contributed by atoms with van der Waals surface area (Å²) in [5.41, 5.74) is 10.1. The largest absolute Gasteiger partial charge is 0.368 e. The van der Waals surface area contributed by atoms with Gasteiger partial charge in [-0.1, -0.05) is 6.07 Å². The first-order valence-corrected chi connectivity index (χ1v) is 15.1. The average Bonchev–Trinajstić information content (AvgIpc) is 3.33. The first-order chi connectivity index (χ1) is 19.2. The number of imidazole rings is 1. The molecular weight excluding hydrogens is 503 g/mol. The van der Waals surface area contributed by atoms with Crippen molar-refractivity contribution in [3.63, 3.8) is 0 Å². The van der Waals surface area contributed by atoms with Crippen LogP contribution in [-0.4, -0.2) is 76.4 Å². The topological polar surface area (TPSA) is 70.1 Å². The Balaban J connectivity index is 1.39. The first kappa shape index (κ1) is 28.6. The molecule has 3 heterocycles. The lowest BCUT2D eigenvalue weighted by Gasteiger charge is -2.37. The Morgan fingerprint density at radius 2 is 1.82 bits per heavy atom. The number of carbonyl (C=O) groups excluding carboxylic acids is 1. The minimum atomic E-state index is -0.407. The smallest absolute Gasteiger partial charge is 0.254 e. The van der Waals surface area contributed by atoms with E-state index in [4.69, 9.17) is 5.73 Å². The van der Waals surface area contributed by atoms with Gasteiger partial charge in [0.25, 0.3) is 5.91 Å². The van der Waals surface area contributed by atoms with Gasteiger partial charge in [0, 0.05) is 56.6 Å². The number of amides is 1. The van der Waals surface area contributed by atoms with Gasteiger partial charge in [0.05, 0.1) is 23.0 Å². The molecule has 1 aliphatic carbocycles. The minimum absolute atomic E-state index is 0.0177. The Bertz CT molecular complexity index is 1320. The van der Waals surface area contributed by atoms with Crippen LogP contribution in [-0.2, 0) is 0 Å². The van der Waals surface area contributed by atoms with E-state index in [-0.39, 0.29) is 11.9 Å². The molecule has 1 saturated heterocycles. The van der Waals surface area contributed by atoms with Gasteiger partial charge in [0.2, 0.25) is 0 Å². The number of aromatic nitrogens is 2. The molecule has 1 aliphatic heterocycles. The van der Waals surface area contributed by atoms with Gasteiger partial charge in [-0.3, -0.25) is 9.69 Å². The predicted molar refractivity (Wildman–Crippen MR) is 160 cm³/mol. The summed E-state index contributed by atoms with van der Waals surface area (Å²) in [6.45, 7) is 13.6. The number of nitrogens with two attached hydrogens (primary N) is 1. The van der Waals surface area contributed by atoms with Crippen LogP contribution in [0.1, 0.15) is 69.1 Å². The highest BCUT2D eigenvalue weighted by Crippen LogP contribution is 2.34. The number of aryl methyl sites for hydroxylation is 1. The van der Waals surface area contributed by atoms with E-state index in [0.29, 0.717) is 18.2 Å². The van der Waals surface area contributed by atoms with Gasteiger partial charge >= 0.3 is 0 Å². The summed E-state index contributed by atoms with van der Waals surface area (Å²) in [4.78, 5) is 25.0. The van der Waals surface area contributed by atoms with Crippen molar-refractivity contribution in [3.8, 4) is 11.1 Å². The maximum atomic E-state index is 14.5. The van der Waals surface area contributed by atoms with Gasteiger partial charge in [-0.15, -0.1) is 0 Å². The van der Waals surface area contributed by atoms with Crippen molar-refractivity contribution in [3.05, 3.63) is 53.9 Å². The van der Waals surface area contributed by atoms with Gasteiger partial charge in [-0.2, -0.15) is 0 Å². The summed E-state index contributed by atoms with van der Waals surface area (Å²) < 4.78 is 16.6. The normalized spacial score (nSPS) is 20.4. The molecule has 40 heavy (non-hydrogen) atoms. The fourth-order valence-electron chi connectivity index (χ4n) is 6.49. The lowest BCUT2D eigenvalue weighted by molar-refractivity contribution is 0.0717. The van der Waals surface area contributed by atoms with Crippen LogP contribution in [0.15, 0.2) is 36.7 Å². The van der Waals surface area contributed by atoms with Crippen LogP contribution in [0.2, 0.25) is 0 Å². The first-order valence-electron chi connectivity index (χ1n) is 15.1. The highest BCUT2D eigenvalue weighted by molar-refractivity contribution is 6.03. The second kappa shape index (κ2) is 12.3. The number of rotatable bonds is 8. The second-order valence-electron chi connectivity index (χ2n) is 11.9.